The average molecular weight is 393 g/mol. The number of nitrogens with one attached hydrogen (secondary N) is 2. The Morgan fingerprint density at radius 1 is 1.27 bits per heavy atom. The predicted octanol–water partition coefficient (Wildman–Crippen LogP) is 4.51. The Kier molecular flexibility index (Phi) is 6.16. The number of carbonyl (C=O) groups excluding carboxylic acids is 2. The van der Waals surface area contributed by atoms with Gasteiger partial charge in [-0.2, -0.15) is 0 Å². The molecule has 2 aromatic rings. The number of thiophene rings is 1. The van der Waals surface area contributed by atoms with Gasteiger partial charge in [0.1, 0.15) is 5.00 Å². The van der Waals surface area contributed by atoms with Gasteiger partial charge in [-0.1, -0.05) is 17.7 Å². The molecule has 0 radical (unpaired) electrons. The summed E-state index contributed by atoms with van der Waals surface area (Å²) in [6.45, 7) is 2.19. The van der Waals surface area contributed by atoms with Gasteiger partial charge in [-0.25, -0.2) is 4.79 Å². The fourth-order valence-corrected chi connectivity index (χ4v) is 4.50. The Morgan fingerprint density at radius 3 is 2.85 bits per heavy atom. The smallest absolute Gasteiger partial charge is 0.341 e. The van der Waals surface area contributed by atoms with E-state index in [1.54, 1.807) is 42.5 Å². The van der Waals surface area contributed by atoms with Crippen LogP contribution in [0, 0.1) is 0 Å². The molecule has 0 unspecified atom stereocenters. The first kappa shape index (κ1) is 18.7. The summed E-state index contributed by atoms with van der Waals surface area (Å²) in [5.74, 6) is -0.516. The van der Waals surface area contributed by atoms with Crippen LogP contribution < -0.4 is 10.6 Å². The van der Waals surface area contributed by atoms with Crippen molar-refractivity contribution in [1.29, 1.82) is 0 Å². The number of carbonyl (C=O) groups is 2. The second-order valence-corrected chi connectivity index (χ2v) is 7.59. The summed E-state index contributed by atoms with van der Waals surface area (Å²) in [5, 5.41) is 7.19. The van der Waals surface area contributed by atoms with Crippen molar-refractivity contribution in [2.24, 2.45) is 0 Å². The van der Waals surface area contributed by atoms with Crippen LogP contribution in [-0.4, -0.2) is 25.0 Å². The zero-order valence-electron chi connectivity index (χ0n) is 14.6. The quantitative estimate of drug-likeness (QED) is 0.710. The van der Waals surface area contributed by atoms with Gasteiger partial charge >= 0.3 is 5.97 Å². The van der Waals surface area contributed by atoms with Crippen molar-refractivity contribution in [3.63, 3.8) is 0 Å². The standard InChI is InChI=1S/C19H21ClN2O3S/c1-2-25-19(24)17-14-8-3-4-9-15(14)26-18(17)21-11-16(23)22-13-7-5-6-12(20)10-13/h5-7,10,21H,2-4,8-9,11H2,1H3,(H,22,23). The molecule has 1 amide bonds. The average Bonchev–Trinajstić information content (AvgIpc) is 2.98. The van der Waals surface area contributed by atoms with Gasteiger partial charge in [-0.05, 0) is 56.4 Å². The van der Waals surface area contributed by atoms with Gasteiger partial charge in [0.05, 0.1) is 18.7 Å². The zero-order valence-corrected chi connectivity index (χ0v) is 16.1. The van der Waals surface area contributed by atoms with Gasteiger partial charge in [0.25, 0.3) is 0 Å². The highest BCUT2D eigenvalue weighted by atomic mass is 35.5. The summed E-state index contributed by atoms with van der Waals surface area (Å²) in [6, 6.07) is 6.99. The summed E-state index contributed by atoms with van der Waals surface area (Å²) in [6.07, 6.45) is 4.06. The third-order valence-electron chi connectivity index (χ3n) is 4.17. The normalized spacial score (nSPS) is 13.0. The number of amides is 1. The van der Waals surface area contributed by atoms with Crippen molar-refractivity contribution in [1.82, 2.24) is 0 Å². The minimum atomic E-state index is -0.315. The van der Waals surface area contributed by atoms with Crippen LogP contribution in [0.4, 0.5) is 10.7 Å². The lowest BCUT2D eigenvalue weighted by Crippen LogP contribution is -2.22. The number of halogens is 1. The molecule has 1 aromatic carbocycles. The summed E-state index contributed by atoms with van der Waals surface area (Å²) in [4.78, 5) is 25.8. The van der Waals surface area contributed by atoms with Crippen molar-refractivity contribution in [2.75, 3.05) is 23.8 Å². The Labute approximate surface area is 161 Å². The fraction of sp³-hybridized carbons (Fsp3) is 0.368. The largest absolute Gasteiger partial charge is 0.462 e. The van der Waals surface area contributed by atoms with E-state index < -0.39 is 0 Å². The van der Waals surface area contributed by atoms with E-state index in [2.05, 4.69) is 10.6 Å². The highest BCUT2D eigenvalue weighted by Crippen LogP contribution is 2.38. The molecule has 0 saturated heterocycles. The van der Waals surface area contributed by atoms with Crippen molar-refractivity contribution >= 4 is 45.5 Å². The molecule has 7 heteroatoms. The van der Waals surface area contributed by atoms with Gasteiger partial charge in [0, 0.05) is 15.6 Å². The molecule has 0 spiro atoms. The van der Waals surface area contributed by atoms with Crippen molar-refractivity contribution in [3.05, 3.63) is 45.3 Å². The van der Waals surface area contributed by atoms with Crippen LogP contribution in [0.5, 0.6) is 0 Å². The van der Waals surface area contributed by atoms with Gasteiger partial charge < -0.3 is 15.4 Å². The third-order valence-corrected chi connectivity index (χ3v) is 5.65. The molecule has 1 heterocycles. The number of fused-ring (bicyclic) bond motifs is 1. The van der Waals surface area contributed by atoms with Gasteiger partial charge in [0.15, 0.2) is 0 Å². The van der Waals surface area contributed by atoms with Crippen LogP contribution in [0.3, 0.4) is 0 Å². The van der Waals surface area contributed by atoms with Gasteiger partial charge in [0.2, 0.25) is 5.91 Å². The number of anilines is 2. The highest BCUT2D eigenvalue weighted by molar-refractivity contribution is 7.16. The number of esters is 1. The molecule has 5 nitrogen and oxygen atoms in total. The monoisotopic (exact) mass is 392 g/mol. The highest BCUT2D eigenvalue weighted by Gasteiger charge is 2.26. The predicted molar refractivity (Wildman–Crippen MR) is 105 cm³/mol. The van der Waals surface area contributed by atoms with Crippen molar-refractivity contribution in [2.45, 2.75) is 32.6 Å². The first-order chi connectivity index (χ1) is 12.6. The molecule has 138 valence electrons. The lowest BCUT2D eigenvalue weighted by Gasteiger charge is -2.12. The Balaban J connectivity index is 1.71. The molecule has 0 atom stereocenters. The van der Waals surface area contributed by atoms with Crippen LogP contribution >= 0.6 is 22.9 Å². The maximum atomic E-state index is 12.4. The molecule has 0 aliphatic heterocycles. The van der Waals surface area contributed by atoms with E-state index in [4.69, 9.17) is 16.3 Å². The molecular weight excluding hydrogens is 372 g/mol. The second-order valence-electron chi connectivity index (χ2n) is 6.05. The van der Waals surface area contributed by atoms with E-state index >= 15 is 0 Å². The second kappa shape index (κ2) is 8.56. The Bertz CT molecular complexity index is 819. The molecule has 0 fully saturated rings. The summed E-state index contributed by atoms with van der Waals surface area (Å²) >= 11 is 7.48. The number of aryl methyl sites for hydroxylation is 1. The van der Waals surface area contributed by atoms with E-state index in [1.165, 1.54) is 4.88 Å². The fourth-order valence-electron chi connectivity index (χ4n) is 3.04. The Morgan fingerprint density at radius 2 is 2.08 bits per heavy atom. The maximum absolute atomic E-state index is 12.4. The molecular formula is C19H21ClN2O3S. The number of benzene rings is 1. The molecule has 26 heavy (non-hydrogen) atoms. The minimum absolute atomic E-state index is 0.0678. The van der Waals surface area contributed by atoms with E-state index in [9.17, 15) is 9.59 Å². The summed E-state index contributed by atoms with van der Waals surface area (Å²) < 4.78 is 5.22. The molecule has 1 aliphatic carbocycles. The van der Waals surface area contributed by atoms with Crippen LogP contribution in [0.1, 0.15) is 40.6 Å². The number of hydrogen-bond acceptors (Lipinski definition) is 5. The first-order valence-electron chi connectivity index (χ1n) is 8.69. The molecule has 2 N–H and O–H groups in total. The molecule has 1 aliphatic rings. The van der Waals surface area contributed by atoms with Crippen molar-refractivity contribution < 1.29 is 14.3 Å². The third kappa shape index (κ3) is 4.37. The lowest BCUT2D eigenvalue weighted by atomic mass is 9.95. The van der Waals surface area contributed by atoms with E-state index in [-0.39, 0.29) is 18.4 Å². The molecule has 0 bridgehead atoms. The van der Waals surface area contributed by atoms with E-state index in [0.717, 1.165) is 36.2 Å². The molecule has 0 saturated carbocycles. The Hall–Kier alpha value is -2.05. The summed E-state index contributed by atoms with van der Waals surface area (Å²) in [5.41, 5.74) is 2.32. The number of hydrogen-bond donors (Lipinski definition) is 2. The van der Waals surface area contributed by atoms with Crippen LogP contribution in [0.25, 0.3) is 0 Å². The van der Waals surface area contributed by atoms with E-state index in [0.29, 0.717) is 22.9 Å². The van der Waals surface area contributed by atoms with Crippen LogP contribution in [-0.2, 0) is 22.4 Å². The van der Waals surface area contributed by atoms with Crippen LogP contribution in [0.15, 0.2) is 24.3 Å². The van der Waals surface area contributed by atoms with E-state index in [1.807, 2.05) is 0 Å². The minimum Gasteiger partial charge on any atom is -0.462 e. The molecule has 1 aromatic heterocycles. The topological polar surface area (TPSA) is 67.4 Å². The first-order valence-corrected chi connectivity index (χ1v) is 9.89. The maximum Gasteiger partial charge on any atom is 0.341 e. The zero-order chi connectivity index (χ0) is 18.5. The number of ether oxygens (including phenoxy) is 1. The number of rotatable bonds is 6. The molecule has 3 rings (SSSR count). The van der Waals surface area contributed by atoms with Crippen molar-refractivity contribution in [3.8, 4) is 0 Å². The van der Waals surface area contributed by atoms with Gasteiger partial charge in [-0.15, -0.1) is 11.3 Å². The SMILES string of the molecule is CCOC(=O)c1c(NCC(=O)Nc2cccc(Cl)c2)sc2c1CCCC2. The van der Waals surface area contributed by atoms with Crippen LogP contribution in [0.2, 0.25) is 5.02 Å². The summed E-state index contributed by atoms with van der Waals surface area (Å²) in [7, 11) is 0. The lowest BCUT2D eigenvalue weighted by molar-refractivity contribution is -0.114. The van der Waals surface area contributed by atoms with Gasteiger partial charge in [-0.3, -0.25) is 4.79 Å².